The number of nitrogens with one attached hydrogen (secondary N) is 1. The molecule has 1 aromatic carbocycles. The zero-order chi connectivity index (χ0) is 14.5. The Labute approximate surface area is 125 Å². The van der Waals surface area contributed by atoms with E-state index in [0.29, 0.717) is 5.02 Å². The van der Waals surface area contributed by atoms with Crippen LogP contribution in [-0.4, -0.2) is 17.2 Å². The standard InChI is InChI=1S/C14H13ClN2O2S/c1-2-10-4-5-11(20-10)8-16-17-14(19)12-7-9(15)3-6-13(12)18/h3-8,18H,2H2,1H3,(H,17,19). The van der Waals surface area contributed by atoms with Crippen LogP contribution in [-0.2, 0) is 6.42 Å². The van der Waals surface area contributed by atoms with Crippen LogP contribution in [0.3, 0.4) is 0 Å². The van der Waals surface area contributed by atoms with Crippen LogP contribution in [0.25, 0.3) is 0 Å². The fourth-order valence-electron chi connectivity index (χ4n) is 1.56. The van der Waals surface area contributed by atoms with Gasteiger partial charge in [0.1, 0.15) is 5.75 Å². The SMILES string of the molecule is CCc1ccc(C=NNC(=O)c2cc(Cl)ccc2O)s1. The van der Waals surface area contributed by atoms with E-state index in [-0.39, 0.29) is 11.3 Å². The quantitative estimate of drug-likeness (QED) is 0.671. The van der Waals surface area contributed by atoms with Crippen molar-refractivity contribution in [3.63, 3.8) is 0 Å². The average Bonchev–Trinajstić information content (AvgIpc) is 2.89. The van der Waals surface area contributed by atoms with Gasteiger partial charge in [0.25, 0.3) is 5.91 Å². The maximum Gasteiger partial charge on any atom is 0.275 e. The first-order valence-corrected chi connectivity index (χ1v) is 7.20. The van der Waals surface area contributed by atoms with Crippen LogP contribution in [0, 0.1) is 0 Å². The predicted octanol–water partition coefficient (Wildman–Crippen LogP) is 3.43. The van der Waals surface area contributed by atoms with E-state index in [1.807, 2.05) is 12.1 Å². The highest BCUT2D eigenvalue weighted by Crippen LogP contribution is 2.21. The summed E-state index contributed by atoms with van der Waals surface area (Å²) in [6.07, 6.45) is 2.55. The lowest BCUT2D eigenvalue weighted by Crippen LogP contribution is -2.17. The molecule has 0 aliphatic rings. The Bertz CT molecular complexity index is 652. The molecule has 0 aliphatic heterocycles. The van der Waals surface area contributed by atoms with Gasteiger partial charge in [-0.2, -0.15) is 5.10 Å². The molecule has 2 rings (SSSR count). The number of amides is 1. The van der Waals surface area contributed by atoms with Gasteiger partial charge in [-0.3, -0.25) is 4.79 Å². The van der Waals surface area contributed by atoms with Crippen molar-refractivity contribution in [3.8, 4) is 5.75 Å². The highest BCUT2D eigenvalue weighted by atomic mass is 35.5. The van der Waals surface area contributed by atoms with E-state index >= 15 is 0 Å². The molecule has 0 radical (unpaired) electrons. The Kier molecular flexibility index (Phi) is 4.76. The molecule has 2 N–H and O–H groups in total. The largest absolute Gasteiger partial charge is 0.507 e. The average molecular weight is 309 g/mol. The van der Waals surface area contributed by atoms with Gasteiger partial charge < -0.3 is 5.11 Å². The number of hydrogen-bond acceptors (Lipinski definition) is 4. The second-order valence-electron chi connectivity index (χ2n) is 4.02. The van der Waals surface area contributed by atoms with E-state index in [2.05, 4.69) is 17.5 Å². The Morgan fingerprint density at radius 1 is 1.45 bits per heavy atom. The maximum absolute atomic E-state index is 11.8. The van der Waals surface area contributed by atoms with Crippen LogP contribution in [0.1, 0.15) is 27.0 Å². The highest BCUT2D eigenvalue weighted by molar-refractivity contribution is 7.13. The van der Waals surface area contributed by atoms with Gasteiger partial charge in [0.2, 0.25) is 0 Å². The fraction of sp³-hybridized carbons (Fsp3) is 0.143. The summed E-state index contributed by atoms with van der Waals surface area (Å²) in [5.74, 6) is -0.639. The van der Waals surface area contributed by atoms with Crippen LogP contribution < -0.4 is 5.43 Å². The summed E-state index contributed by atoms with van der Waals surface area (Å²) in [6, 6.07) is 8.23. The van der Waals surface area contributed by atoms with Gasteiger partial charge in [0, 0.05) is 14.8 Å². The number of carbonyl (C=O) groups is 1. The molecule has 2 aromatic rings. The minimum absolute atomic E-state index is 0.0927. The summed E-state index contributed by atoms with van der Waals surface area (Å²) >= 11 is 7.40. The van der Waals surface area contributed by atoms with Gasteiger partial charge in [0.15, 0.2) is 0 Å². The molecule has 0 spiro atoms. The molecular weight excluding hydrogens is 296 g/mol. The van der Waals surface area contributed by atoms with E-state index < -0.39 is 5.91 Å². The Morgan fingerprint density at radius 3 is 2.95 bits per heavy atom. The molecule has 0 saturated carbocycles. The van der Waals surface area contributed by atoms with Gasteiger partial charge in [-0.15, -0.1) is 11.3 Å². The number of hydrogen-bond donors (Lipinski definition) is 2. The molecule has 0 atom stereocenters. The molecule has 1 amide bonds. The van der Waals surface area contributed by atoms with Crippen molar-refractivity contribution >= 4 is 35.1 Å². The molecule has 0 saturated heterocycles. The summed E-state index contributed by atoms with van der Waals surface area (Å²) in [5.41, 5.74) is 2.45. The topological polar surface area (TPSA) is 61.7 Å². The minimum atomic E-state index is -0.506. The number of carbonyl (C=O) groups excluding carboxylic acids is 1. The van der Waals surface area contributed by atoms with Crippen molar-refractivity contribution in [2.75, 3.05) is 0 Å². The van der Waals surface area contributed by atoms with Crippen LogP contribution >= 0.6 is 22.9 Å². The number of rotatable bonds is 4. The number of aromatic hydroxyl groups is 1. The molecule has 6 heteroatoms. The molecule has 1 heterocycles. The molecule has 0 fully saturated rings. The molecule has 0 unspecified atom stereocenters. The third-order valence-corrected chi connectivity index (χ3v) is 3.99. The molecular formula is C14H13ClN2O2S. The number of nitrogens with zero attached hydrogens (tertiary/aromatic N) is 1. The molecule has 0 bridgehead atoms. The molecule has 4 nitrogen and oxygen atoms in total. The monoisotopic (exact) mass is 308 g/mol. The van der Waals surface area contributed by atoms with Crippen LogP contribution in [0.5, 0.6) is 5.75 Å². The number of thiophene rings is 1. The number of halogens is 1. The maximum atomic E-state index is 11.8. The lowest BCUT2D eigenvalue weighted by Gasteiger charge is -2.02. The van der Waals surface area contributed by atoms with Crippen LogP contribution in [0.15, 0.2) is 35.4 Å². The first-order chi connectivity index (χ1) is 9.60. The lowest BCUT2D eigenvalue weighted by molar-refractivity contribution is 0.0952. The first-order valence-electron chi connectivity index (χ1n) is 6.00. The van der Waals surface area contributed by atoms with Gasteiger partial charge >= 0.3 is 0 Å². The third-order valence-electron chi connectivity index (χ3n) is 2.59. The summed E-state index contributed by atoms with van der Waals surface area (Å²) < 4.78 is 0. The zero-order valence-corrected chi connectivity index (χ0v) is 12.3. The number of phenols is 1. The highest BCUT2D eigenvalue weighted by Gasteiger charge is 2.10. The predicted molar refractivity (Wildman–Crippen MR) is 81.9 cm³/mol. The van der Waals surface area contributed by atoms with E-state index in [0.717, 1.165) is 11.3 Å². The summed E-state index contributed by atoms with van der Waals surface area (Å²) in [4.78, 5) is 14.0. The Hall–Kier alpha value is -1.85. The van der Waals surface area contributed by atoms with Gasteiger partial charge in [0.05, 0.1) is 11.8 Å². The van der Waals surface area contributed by atoms with Crippen molar-refractivity contribution in [1.29, 1.82) is 0 Å². The molecule has 0 aliphatic carbocycles. The summed E-state index contributed by atoms with van der Waals surface area (Å²) in [6.45, 7) is 2.08. The van der Waals surface area contributed by atoms with E-state index in [9.17, 15) is 9.90 Å². The zero-order valence-electron chi connectivity index (χ0n) is 10.8. The van der Waals surface area contributed by atoms with Crippen LogP contribution in [0.2, 0.25) is 5.02 Å². The Balaban J connectivity index is 2.03. The van der Waals surface area contributed by atoms with Crippen molar-refractivity contribution in [3.05, 3.63) is 50.7 Å². The second-order valence-corrected chi connectivity index (χ2v) is 5.65. The molecule has 104 valence electrons. The molecule has 1 aromatic heterocycles. The van der Waals surface area contributed by atoms with Gasteiger partial charge in [-0.05, 0) is 36.8 Å². The first kappa shape index (κ1) is 14.6. The van der Waals surface area contributed by atoms with Crippen molar-refractivity contribution in [2.24, 2.45) is 5.10 Å². The fourth-order valence-corrected chi connectivity index (χ4v) is 2.56. The minimum Gasteiger partial charge on any atom is -0.507 e. The number of benzene rings is 1. The van der Waals surface area contributed by atoms with Crippen molar-refractivity contribution in [1.82, 2.24) is 5.43 Å². The van der Waals surface area contributed by atoms with Gasteiger partial charge in [-0.1, -0.05) is 18.5 Å². The number of hydrazone groups is 1. The second kappa shape index (κ2) is 6.54. The normalized spacial score (nSPS) is 10.9. The number of aryl methyl sites for hydroxylation is 1. The van der Waals surface area contributed by atoms with E-state index in [1.165, 1.54) is 23.1 Å². The molecule has 20 heavy (non-hydrogen) atoms. The summed E-state index contributed by atoms with van der Waals surface area (Å²) in [7, 11) is 0. The smallest absolute Gasteiger partial charge is 0.275 e. The van der Waals surface area contributed by atoms with Crippen LogP contribution in [0.4, 0.5) is 0 Å². The lowest BCUT2D eigenvalue weighted by atomic mass is 10.2. The number of phenolic OH excluding ortho intramolecular Hbond substituents is 1. The van der Waals surface area contributed by atoms with E-state index in [4.69, 9.17) is 11.6 Å². The van der Waals surface area contributed by atoms with E-state index in [1.54, 1.807) is 17.6 Å². The van der Waals surface area contributed by atoms with Crippen molar-refractivity contribution < 1.29 is 9.90 Å². The van der Waals surface area contributed by atoms with Gasteiger partial charge in [-0.25, -0.2) is 5.43 Å². The Morgan fingerprint density at radius 2 is 2.25 bits per heavy atom. The summed E-state index contributed by atoms with van der Waals surface area (Å²) in [5, 5.41) is 13.8. The van der Waals surface area contributed by atoms with Crippen molar-refractivity contribution in [2.45, 2.75) is 13.3 Å². The third kappa shape index (κ3) is 3.59.